The molecule has 0 aliphatic heterocycles. The van der Waals surface area contributed by atoms with Crippen LogP contribution in [0, 0.1) is 0 Å². The molecule has 4 nitrogen and oxygen atoms in total. The molecule has 0 aliphatic rings. The summed E-state index contributed by atoms with van der Waals surface area (Å²) in [6.45, 7) is 0. The van der Waals surface area contributed by atoms with E-state index in [1.807, 2.05) is 0 Å². The number of aromatic nitrogens is 1. The average molecular weight is 189 g/mol. The molecule has 70 valence electrons. The molecule has 2 rings (SSSR count). The number of rotatable bonds is 2. The first-order chi connectivity index (χ1) is 6.79. The van der Waals surface area contributed by atoms with E-state index in [1.165, 1.54) is 12.1 Å². The van der Waals surface area contributed by atoms with Crippen LogP contribution in [-0.2, 0) is 0 Å². The van der Waals surface area contributed by atoms with Gasteiger partial charge in [0.15, 0.2) is 12.0 Å². The summed E-state index contributed by atoms with van der Waals surface area (Å²) in [5.74, 6) is 0.606. The highest BCUT2D eigenvalue weighted by atomic mass is 16.5. The molecule has 1 heterocycles. The Labute approximate surface area is 79.8 Å². The molecule has 1 aromatic carbocycles. The third-order valence-corrected chi connectivity index (χ3v) is 1.78. The lowest BCUT2D eigenvalue weighted by Gasteiger charge is -1.94. The van der Waals surface area contributed by atoms with Crippen molar-refractivity contribution in [3.63, 3.8) is 0 Å². The normalized spacial score (nSPS) is 10.0. The van der Waals surface area contributed by atoms with Gasteiger partial charge in [0.25, 0.3) is 0 Å². The first-order valence-corrected chi connectivity index (χ1v) is 4.01. The van der Waals surface area contributed by atoms with Crippen LogP contribution in [-0.4, -0.2) is 16.5 Å². The first-order valence-electron chi connectivity index (χ1n) is 4.01. The molecule has 0 amide bonds. The van der Waals surface area contributed by atoms with Gasteiger partial charge in [-0.05, 0) is 12.1 Å². The summed E-state index contributed by atoms with van der Waals surface area (Å²) in [7, 11) is 0. The van der Waals surface area contributed by atoms with Crippen LogP contribution in [0.3, 0.4) is 0 Å². The van der Waals surface area contributed by atoms with E-state index in [0.717, 1.165) is 0 Å². The van der Waals surface area contributed by atoms with E-state index >= 15 is 0 Å². The Morgan fingerprint density at radius 1 is 1.36 bits per heavy atom. The van der Waals surface area contributed by atoms with E-state index in [1.54, 1.807) is 18.2 Å². The molecule has 4 heteroatoms. The summed E-state index contributed by atoms with van der Waals surface area (Å²) in [4.78, 5) is 10.3. The largest absolute Gasteiger partial charge is 0.508 e. The van der Waals surface area contributed by atoms with Crippen LogP contribution < -0.4 is 0 Å². The van der Waals surface area contributed by atoms with E-state index in [2.05, 4.69) is 5.16 Å². The van der Waals surface area contributed by atoms with Crippen molar-refractivity contribution in [1.82, 2.24) is 5.16 Å². The minimum Gasteiger partial charge on any atom is -0.508 e. The summed E-state index contributed by atoms with van der Waals surface area (Å²) < 4.78 is 4.90. The monoisotopic (exact) mass is 189 g/mol. The van der Waals surface area contributed by atoms with Crippen molar-refractivity contribution in [2.45, 2.75) is 0 Å². The molecule has 0 spiro atoms. The van der Waals surface area contributed by atoms with E-state index in [0.29, 0.717) is 17.6 Å². The zero-order valence-electron chi connectivity index (χ0n) is 7.18. The van der Waals surface area contributed by atoms with Gasteiger partial charge in [-0.25, -0.2) is 0 Å². The Morgan fingerprint density at radius 3 is 2.86 bits per heavy atom. The topological polar surface area (TPSA) is 63.3 Å². The summed E-state index contributed by atoms with van der Waals surface area (Å²) in [6.07, 6.45) is 0.607. The quantitative estimate of drug-likeness (QED) is 0.732. The van der Waals surface area contributed by atoms with Crippen LogP contribution in [0.25, 0.3) is 11.3 Å². The molecule has 0 radical (unpaired) electrons. The number of aromatic hydroxyl groups is 1. The molecule has 14 heavy (non-hydrogen) atoms. The predicted octanol–water partition coefficient (Wildman–Crippen LogP) is 1.86. The van der Waals surface area contributed by atoms with Crippen molar-refractivity contribution < 1.29 is 14.4 Å². The second kappa shape index (κ2) is 3.33. The number of benzene rings is 1. The van der Waals surface area contributed by atoms with E-state index in [9.17, 15) is 9.90 Å². The highest BCUT2D eigenvalue weighted by Gasteiger charge is 2.05. The van der Waals surface area contributed by atoms with E-state index in [-0.39, 0.29) is 11.4 Å². The smallest absolute Gasteiger partial charge is 0.171 e. The van der Waals surface area contributed by atoms with Gasteiger partial charge in [0, 0.05) is 11.6 Å². The highest BCUT2D eigenvalue weighted by Crippen LogP contribution is 2.23. The van der Waals surface area contributed by atoms with Crippen LogP contribution in [0.4, 0.5) is 0 Å². The van der Waals surface area contributed by atoms with Gasteiger partial charge in [-0.15, -0.1) is 0 Å². The molecule has 0 fully saturated rings. The summed E-state index contributed by atoms with van der Waals surface area (Å²) in [5, 5.41) is 12.7. The fourth-order valence-electron chi connectivity index (χ4n) is 1.14. The third kappa shape index (κ3) is 1.50. The summed E-state index contributed by atoms with van der Waals surface area (Å²) in [6, 6.07) is 8.06. The number of aldehydes is 1. The van der Waals surface area contributed by atoms with Gasteiger partial charge < -0.3 is 9.63 Å². The van der Waals surface area contributed by atoms with Gasteiger partial charge in [-0.1, -0.05) is 17.3 Å². The van der Waals surface area contributed by atoms with Crippen LogP contribution in [0.5, 0.6) is 5.75 Å². The van der Waals surface area contributed by atoms with Gasteiger partial charge >= 0.3 is 0 Å². The lowest BCUT2D eigenvalue weighted by atomic mass is 10.1. The second-order valence-electron chi connectivity index (χ2n) is 2.78. The van der Waals surface area contributed by atoms with E-state index in [4.69, 9.17) is 4.52 Å². The lowest BCUT2D eigenvalue weighted by molar-refractivity contribution is 0.111. The molecule has 1 N–H and O–H groups in total. The fraction of sp³-hybridized carbons (Fsp3) is 0. The summed E-state index contributed by atoms with van der Waals surface area (Å²) in [5.41, 5.74) is 0.925. The molecule has 0 saturated carbocycles. The zero-order valence-corrected chi connectivity index (χ0v) is 7.18. The number of hydrogen-bond acceptors (Lipinski definition) is 4. The van der Waals surface area contributed by atoms with Crippen molar-refractivity contribution in [2.75, 3.05) is 0 Å². The highest BCUT2D eigenvalue weighted by molar-refractivity contribution is 5.74. The Bertz CT molecular complexity index is 462. The maximum atomic E-state index is 10.3. The minimum absolute atomic E-state index is 0.145. The molecule has 2 aromatic rings. The minimum atomic E-state index is 0.145. The average Bonchev–Trinajstić information content (AvgIpc) is 2.66. The van der Waals surface area contributed by atoms with Crippen LogP contribution >= 0.6 is 0 Å². The maximum Gasteiger partial charge on any atom is 0.171 e. The van der Waals surface area contributed by atoms with Crippen LogP contribution in [0.2, 0.25) is 0 Å². The van der Waals surface area contributed by atoms with Crippen molar-refractivity contribution in [3.05, 3.63) is 36.0 Å². The Kier molecular flexibility index (Phi) is 2.02. The zero-order chi connectivity index (χ0) is 9.97. The second-order valence-corrected chi connectivity index (χ2v) is 2.78. The van der Waals surface area contributed by atoms with Crippen molar-refractivity contribution >= 4 is 6.29 Å². The van der Waals surface area contributed by atoms with Crippen molar-refractivity contribution in [2.24, 2.45) is 0 Å². The van der Waals surface area contributed by atoms with Crippen molar-refractivity contribution in [1.29, 1.82) is 0 Å². The SMILES string of the molecule is O=Cc1cc(-c2cccc(O)c2)on1. The van der Waals surface area contributed by atoms with Crippen molar-refractivity contribution in [3.8, 4) is 17.1 Å². The number of nitrogens with zero attached hydrogens (tertiary/aromatic N) is 1. The van der Waals surface area contributed by atoms with E-state index < -0.39 is 0 Å². The molecule has 0 atom stereocenters. The van der Waals surface area contributed by atoms with Gasteiger partial charge in [-0.3, -0.25) is 4.79 Å². The number of phenols is 1. The molecular weight excluding hydrogens is 182 g/mol. The standard InChI is InChI=1S/C10H7NO3/c12-6-8-5-10(14-11-8)7-2-1-3-9(13)4-7/h1-6,13H. The molecule has 0 aliphatic carbocycles. The fourth-order valence-corrected chi connectivity index (χ4v) is 1.14. The Morgan fingerprint density at radius 2 is 2.21 bits per heavy atom. The van der Waals surface area contributed by atoms with Gasteiger partial charge in [0.05, 0.1) is 0 Å². The Hall–Kier alpha value is -2.10. The molecule has 1 aromatic heterocycles. The van der Waals surface area contributed by atoms with Gasteiger partial charge in [-0.2, -0.15) is 0 Å². The number of hydrogen-bond donors (Lipinski definition) is 1. The van der Waals surface area contributed by atoms with Crippen LogP contribution in [0.15, 0.2) is 34.9 Å². The molecular formula is C10H7NO3. The number of carbonyl (C=O) groups excluding carboxylic acids is 1. The molecule has 0 bridgehead atoms. The number of phenolic OH excluding ortho intramolecular Hbond substituents is 1. The maximum absolute atomic E-state index is 10.3. The lowest BCUT2D eigenvalue weighted by Crippen LogP contribution is -1.74. The molecule has 0 unspecified atom stereocenters. The molecule has 0 saturated heterocycles. The predicted molar refractivity (Wildman–Crippen MR) is 49.0 cm³/mol. The van der Waals surface area contributed by atoms with Crippen LogP contribution in [0.1, 0.15) is 10.5 Å². The first kappa shape index (κ1) is 8.50. The Balaban J connectivity index is 2.43. The van der Waals surface area contributed by atoms with Gasteiger partial charge in [0.2, 0.25) is 0 Å². The van der Waals surface area contributed by atoms with Gasteiger partial charge in [0.1, 0.15) is 11.4 Å². The third-order valence-electron chi connectivity index (χ3n) is 1.78. The summed E-state index contributed by atoms with van der Waals surface area (Å²) >= 11 is 0. The number of carbonyl (C=O) groups is 1.